The minimum absolute atomic E-state index is 0. The first kappa shape index (κ1) is 16.2. The molecule has 0 saturated heterocycles. The van der Waals surface area contributed by atoms with Gasteiger partial charge in [0.25, 0.3) is 0 Å². The number of nitrogens with zero attached hydrogens (tertiary/aromatic N) is 1. The molecule has 1 nitrogen and oxygen atoms in total. The molecule has 0 unspecified atom stereocenters. The van der Waals surface area contributed by atoms with Gasteiger partial charge in [0, 0.05) is 6.42 Å². The van der Waals surface area contributed by atoms with Crippen molar-refractivity contribution in [2.24, 2.45) is 0 Å². The molecule has 0 radical (unpaired) electrons. The fourth-order valence-electron chi connectivity index (χ4n) is 1.37. The first-order valence-corrected chi connectivity index (χ1v) is 5.86. The Morgan fingerprint density at radius 1 is 0.833 bits per heavy atom. The second-order valence-electron chi connectivity index (χ2n) is 3.64. The van der Waals surface area contributed by atoms with Crippen molar-refractivity contribution in [2.45, 2.75) is 19.8 Å². The largest absolute Gasteiger partial charge is 0.198 e. The van der Waals surface area contributed by atoms with Gasteiger partial charge in [-0.05, 0) is 17.5 Å². The maximum absolute atomic E-state index is 7.82. The minimum Gasteiger partial charge on any atom is -0.198 e. The van der Waals surface area contributed by atoms with Crippen LogP contribution in [0.15, 0.2) is 60.7 Å². The number of hydrogen-bond acceptors (Lipinski definition) is 1. The summed E-state index contributed by atoms with van der Waals surface area (Å²) in [5.74, 6) is 0. The monoisotopic (exact) mass is 259 g/mol. The average Bonchev–Trinajstić information content (AvgIpc) is 2.42. The lowest BCUT2D eigenvalue weighted by atomic mass is 10.1. The Kier molecular flexibility index (Phi) is 9.35. The Bertz CT molecular complexity index is 408. The number of hydrogen-bond donors (Lipinski definition) is 0. The normalized spacial score (nSPS) is 8.22. The van der Waals surface area contributed by atoms with Gasteiger partial charge >= 0.3 is 0 Å². The molecule has 2 aromatic rings. The summed E-state index contributed by atoms with van der Waals surface area (Å²) in [6, 6.07) is 22.8. The van der Waals surface area contributed by atoms with Gasteiger partial charge < -0.3 is 0 Å². The third-order valence-electron chi connectivity index (χ3n) is 2.24. The summed E-state index contributed by atoms with van der Waals surface area (Å²) < 4.78 is 0. The van der Waals surface area contributed by atoms with Gasteiger partial charge in [0.1, 0.15) is 0 Å². The summed E-state index contributed by atoms with van der Waals surface area (Å²) in [4.78, 5) is 0. The van der Waals surface area contributed by atoms with Gasteiger partial charge in [0.2, 0.25) is 0 Å². The first-order valence-electron chi connectivity index (χ1n) is 5.86. The number of unbranched alkanes of at least 4 members (excludes halogenated alkanes) is 1. The molecule has 2 aromatic carbocycles. The number of rotatable bonds is 2. The molecule has 94 valence electrons. The van der Waals surface area contributed by atoms with E-state index >= 15 is 0 Å². The van der Waals surface area contributed by atoms with Crippen LogP contribution in [0.3, 0.4) is 0 Å². The van der Waals surface area contributed by atoms with Crippen LogP contribution in [0.2, 0.25) is 0 Å². The van der Waals surface area contributed by atoms with Crippen molar-refractivity contribution >= 4 is 12.4 Å². The lowest BCUT2D eigenvalue weighted by Crippen LogP contribution is -1.73. The maximum atomic E-state index is 7.82. The zero-order chi connectivity index (χ0) is 12.3. The fraction of sp³-hybridized carbons (Fsp3) is 0.188. The van der Waals surface area contributed by atoms with Gasteiger partial charge in [-0.1, -0.05) is 67.6 Å². The molecular weight excluding hydrogens is 242 g/mol. The summed E-state index contributed by atoms with van der Waals surface area (Å²) in [6.45, 7) is 1.99. The van der Waals surface area contributed by atoms with E-state index in [4.69, 9.17) is 5.26 Å². The molecule has 0 saturated carbocycles. The van der Waals surface area contributed by atoms with E-state index in [1.54, 1.807) is 0 Å². The van der Waals surface area contributed by atoms with E-state index in [9.17, 15) is 0 Å². The van der Waals surface area contributed by atoms with E-state index < -0.39 is 0 Å². The molecule has 0 N–H and O–H groups in total. The Balaban J connectivity index is 0.000000421. The van der Waals surface area contributed by atoms with Crippen LogP contribution in [0.4, 0.5) is 0 Å². The van der Waals surface area contributed by atoms with Crippen LogP contribution >= 0.6 is 12.4 Å². The maximum Gasteiger partial charge on any atom is 0.0621 e. The van der Waals surface area contributed by atoms with E-state index in [1.165, 1.54) is 11.1 Å². The van der Waals surface area contributed by atoms with E-state index in [0.717, 1.165) is 6.42 Å². The highest BCUT2D eigenvalue weighted by molar-refractivity contribution is 5.85. The first-order chi connectivity index (χ1) is 8.38. The van der Waals surface area contributed by atoms with Crippen molar-refractivity contribution in [2.75, 3.05) is 0 Å². The molecule has 0 aliphatic rings. The zero-order valence-corrected chi connectivity index (χ0v) is 11.4. The third kappa shape index (κ3) is 6.08. The van der Waals surface area contributed by atoms with Crippen LogP contribution in [0.1, 0.15) is 19.8 Å². The van der Waals surface area contributed by atoms with Gasteiger partial charge in [0.05, 0.1) is 6.07 Å². The predicted molar refractivity (Wildman–Crippen MR) is 79.6 cm³/mol. The lowest BCUT2D eigenvalue weighted by Gasteiger charge is -1.98. The van der Waals surface area contributed by atoms with Gasteiger partial charge in [-0.2, -0.15) is 5.26 Å². The predicted octanol–water partition coefficient (Wildman–Crippen LogP) is 5.09. The molecule has 0 fully saturated rings. The smallest absolute Gasteiger partial charge is 0.0621 e. The standard InChI is InChI=1S/C12H10.C4H7N.ClH/c1-3-7-11(8-4-1)12-9-5-2-6-10-12;1-2-3-4-5;/h1-10H;2-3H2,1H3;1H. The van der Waals surface area contributed by atoms with E-state index in [2.05, 4.69) is 48.5 Å². The molecule has 0 aliphatic heterocycles. The quantitative estimate of drug-likeness (QED) is 0.737. The second-order valence-corrected chi connectivity index (χ2v) is 3.64. The molecule has 0 spiro atoms. The molecule has 0 amide bonds. The molecule has 0 bridgehead atoms. The fourth-order valence-corrected chi connectivity index (χ4v) is 1.37. The zero-order valence-electron chi connectivity index (χ0n) is 10.5. The number of halogens is 1. The van der Waals surface area contributed by atoms with E-state index in [0.29, 0.717) is 6.42 Å². The van der Waals surface area contributed by atoms with Crippen LogP contribution in [0.25, 0.3) is 11.1 Å². The highest BCUT2D eigenvalue weighted by Gasteiger charge is 1.91. The minimum atomic E-state index is 0. The Morgan fingerprint density at radius 3 is 1.44 bits per heavy atom. The summed E-state index contributed by atoms with van der Waals surface area (Å²) in [7, 11) is 0. The van der Waals surface area contributed by atoms with Crippen molar-refractivity contribution in [3.8, 4) is 17.2 Å². The van der Waals surface area contributed by atoms with Gasteiger partial charge in [0.15, 0.2) is 0 Å². The number of nitriles is 1. The van der Waals surface area contributed by atoms with Crippen molar-refractivity contribution in [1.29, 1.82) is 5.26 Å². The molecule has 0 aromatic heterocycles. The van der Waals surface area contributed by atoms with Gasteiger partial charge in [-0.3, -0.25) is 0 Å². The highest BCUT2D eigenvalue weighted by Crippen LogP contribution is 2.17. The Morgan fingerprint density at radius 2 is 1.22 bits per heavy atom. The molecule has 0 heterocycles. The van der Waals surface area contributed by atoms with Crippen LogP contribution < -0.4 is 0 Å². The Hall–Kier alpha value is -1.78. The highest BCUT2D eigenvalue weighted by atomic mass is 35.5. The molecule has 18 heavy (non-hydrogen) atoms. The van der Waals surface area contributed by atoms with Crippen LogP contribution in [0, 0.1) is 11.3 Å². The van der Waals surface area contributed by atoms with Crippen molar-refractivity contribution < 1.29 is 0 Å². The van der Waals surface area contributed by atoms with E-state index in [-0.39, 0.29) is 12.4 Å². The number of benzene rings is 2. The van der Waals surface area contributed by atoms with Crippen LogP contribution in [-0.2, 0) is 0 Å². The topological polar surface area (TPSA) is 23.8 Å². The molecular formula is C16H18ClN. The summed E-state index contributed by atoms with van der Waals surface area (Å²) in [5, 5.41) is 7.82. The molecule has 2 rings (SSSR count). The van der Waals surface area contributed by atoms with Crippen molar-refractivity contribution in [3.05, 3.63) is 60.7 Å². The Labute approximate surface area is 115 Å². The van der Waals surface area contributed by atoms with Gasteiger partial charge in [-0.25, -0.2) is 0 Å². The molecule has 0 atom stereocenters. The lowest BCUT2D eigenvalue weighted by molar-refractivity contribution is 0.969. The van der Waals surface area contributed by atoms with E-state index in [1.807, 2.05) is 25.1 Å². The second kappa shape index (κ2) is 10.4. The average molecular weight is 260 g/mol. The van der Waals surface area contributed by atoms with Crippen molar-refractivity contribution in [3.63, 3.8) is 0 Å². The SMILES string of the molecule is CCCC#N.Cl.c1ccc(-c2ccccc2)cc1. The van der Waals surface area contributed by atoms with Crippen LogP contribution in [-0.4, -0.2) is 0 Å². The summed E-state index contributed by atoms with van der Waals surface area (Å²) in [5.41, 5.74) is 2.55. The molecule has 2 heteroatoms. The van der Waals surface area contributed by atoms with Crippen molar-refractivity contribution in [1.82, 2.24) is 0 Å². The summed E-state index contributed by atoms with van der Waals surface area (Å²) >= 11 is 0. The summed E-state index contributed by atoms with van der Waals surface area (Å²) in [6.07, 6.45) is 1.68. The van der Waals surface area contributed by atoms with Gasteiger partial charge in [-0.15, -0.1) is 12.4 Å². The molecule has 0 aliphatic carbocycles. The third-order valence-corrected chi connectivity index (χ3v) is 2.24. The van der Waals surface area contributed by atoms with Crippen LogP contribution in [0.5, 0.6) is 0 Å².